The van der Waals surface area contributed by atoms with Crippen molar-refractivity contribution in [2.45, 2.75) is 32.2 Å². The minimum absolute atomic E-state index is 0.192. The smallest absolute Gasteiger partial charge is 0.211 e. The van der Waals surface area contributed by atoms with Gasteiger partial charge in [-0.2, -0.15) is 11.8 Å². The zero-order valence-electron chi connectivity index (χ0n) is 7.95. The average molecular weight is 223 g/mol. The summed E-state index contributed by atoms with van der Waals surface area (Å²) in [5.74, 6) is 2.43. The molecule has 0 radical (unpaired) electrons. The number of nitrogens with one attached hydrogen (secondary N) is 1. The highest BCUT2D eigenvalue weighted by atomic mass is 32.2. The van der Waals surface area contributed by atoms with Gasteiger partial charge in [0.15, 0.2) is 0 Å². The molecular weight excluding hydrogens is 206 g/mol. The molecule has 0 spiro atoms. The lowest BCUT2D eigenvalue weighted by molar-refractivity contribution is 0.528. The molecule has 1 aliphatic heterocycles. The lowest BCUT2D eigenvalue weighted by atomic mass is 10.2. The Hall–Kier alpha value is 0.260. The van der Waals surface area contributed by atoms with Gasteiger partial charge in [0.05, 0.1) is 5.75 Å². The number of thioether (sulfide) groups is 1. The molecule has 1 saturated heterocycles. The van der Waals surface area contributed by atoms with Gasteiger partial charge in [0.1, 0.15) is 0 Å². The van der Waals surface area contributed by atoms with Crippen LogP contribution in [0.1, 0.15) is 26.2 Å². The van der Waals surface area contributed by atoms with Gasteiger partial charge in [0.25, 0.3) is 0 Å². The summed E-state index contributed by atoms with van der Waals surface area (Å²) in [6.45, 7) is 1.88. The summed E-state index contributed by atoms with van der Waals surface area (Å²) in [6, 6.07) is 0.192. The van der Waals surface area contributed by atoms with Crippen LogP contribution in [0.5, 0.6) is 0 Å². The van der Waals surface area contributed by atoms with Crippen molar-refractivity contribution in [2.24, 2.45) is 0 Å². The second kappa shape index (κ2) is 5.22. The third kappa shape index (κ3) is 4.33. The Morgan fingerprint density at radius 3 is 2.54 bits per heavy atom. The van der Waals surface area contributed by atoms with Gasteiger partial charge in [0.2, 0.25) is 10.0 Å². The van der Waals surface area contributed by atoms with Crippen LogP contribution >= 0.6 is 11.8 Å². The minimum atomic E-state index is -2.99. The SMILES string of the molecule is CCCS(=O)(=O)NC1CCSCC1. The van der Waals surface area contributed by atoms with E-state index < -0.39 is 10.0 Å². The van der Waals surface area contributed by atoms with E-state index in [1.807, 2.05) is 18.7 Å². The third-order valence-corrected chi connectivity index (χ3v) is 4.73. The highest BCUT2D eigenvalue weighted by Crippen LogP contribution is 2.17. The Morgan fingerprint density at radius 2 is 2.00 bits per heavy atom. The molecule has 0 aromatic heterocycles. The standard InChI is InChI=1S/C8H17NO2S2/c1-2-7-13(10,11)9-8-3-5-12-6-4-8/h8-9H,2-7H2,1H3. The molecule has 3 nitrogen and oxygen atoms in total. The summed E-state index contributed by atoms with van der Waals surface area (Å²) in [5, 5.41) is 0. The first kappa shape index (κ1) is 11.3. The first-order valence-corrected chi connectivity index (χ1v) is 7.52. The summed E-state index contributed by atoms with van der Waals surface area (Å²) in [5.41, 5.74) is 0. The van der Waals surface area contributed by atoms with E-state index in [0.29, 0.717) is 6.42 Å². The molecule has 0 bridgehead atoms. The average Bonchev–Trinajstić information content (AvgIpc) is 2.04. The molecule has 1 aliphatic rings. The maximum Gasteiger partial charge on any atom is 0.211 e. The molecule has 1 N–H and O–H groups in total. The molecular formula is C8H17NO2S2. The molecule has 1 heterocycles. The van der Waals surface area contributed by atoms with E-state index >= 15 is 0 Å². The normalized spacial score (nSPS) is 20.4. The van der Waals surface area contributed by atoms with Crippen molar-refractivity contribution in [3.63, 3.8) is 0 Å². The predicted molar refractivity (Wildman–Crippen MR) is 57.6 cm³/mol. The van der Waals surface area contributed by atoms with Crippen molar-refractivity contribution in [1.29, 1.82) is 0 Å². The fourth-order valence-electron chi connectivity index (χ4n) is 1.40. The van der Waals surface area contributed by atoms with Gasteiger partial charge in [-0.15, -0.1) is 0 Å². The van der Waals surface area contributed by atoms with E-state index in [0.717, 1.165) is 24.3 Å². The Kier molecular flexibility index (Phi) is 4.55. The van der Waals surface area contributed by atoms with E-state index in [9.17, 15) is 8.42 Å². The van der Waals surface area contributed by atoms with Gasteiger partial charge >= 0.3 is 0 Å². The highest BCUT2D eigenvalue weighted by molar-refractivity contribution is 7.99. The second-order valence-electron chi connectivity index (χ2n) is 3.32. The molecule has 13 heavy (non-hydrogen) atoms. The molecule has 1 rings (SSSR count). The van der Waals surface area contributed by atoms with Gasteiger partial charge in [-0.3, -0.25) is 0 Å². The number of rotatable bonds is 4. The number of hydrogen-bond donors (Lipinski definition) is 1. The van der Waals surface area contributed by atoms with Crippen molar-refractivity contribution in [3.05, 3.63) is 0 Å². The Bertz CT molecular complexity index is 233. The van der Waals surface area contributed by atoms with Crippen molar-refractivity contribution in [3.8, 4) is 0 Å². The third-order valence-electron chi connectivity index (χ3n) is 2.04. The van der Waals surface area contributed by atoms with Crippen molar-refractivity contribution in [1.82, 2.24) is 4.72 Å². The van der Waals surface area contributed by atoms with Crippen LogP contribution < -0.4 is 4.72 Å². The zero-order chi connectivity index (χ0) is 9.73. The zero-order valence-corrected chi connectivity index (χ0v) is 9.59. The van der Waals surface area contributed by atoms with Gasteiger partial charge in [-0.05, 0) is 30.8 Å². The Labute approximate surface area is 84.7 Å². The van der Waals surface area contributed by atoms with E-state index in [1.165, 1.54) is 0 Å². The maximum absolute atomic E-state index is 11.4. The molecule has 0 amide bonds. The van der Waals surface area contributed by atoms with Gasteiger partial charge in [-0.25, -0.2) is 13.1 Å². The minimum Gasteiger partial charge on any atom is -0.212 e. The van der Waals surface area contributed by atoms with Crippen LogP contribution in [-0.4, -0.2) is 31.7 Å². The molecule has 78 valence electrons. The van der Waals surface area contributed by atoms with Gasteiger partial charge in [-0.1, -0.05) is 6.92 Å². The van der Waals surface area contributed by atoms with E-state index in [2.05, 4.69) is 4.72 Å². The maximum atomic E-state index is 11.4. The quantitative estimate of drug-likeness (QED) is 0.779. The van der Waals surface area contributed by atoms with Gasteiger partial charge < -0.3 is 0 Å². The molecule has 0 aliphatic carbocycles. The monoisotopic (exact) mass is 223 g/mol. The largest absolute Gasteiger partial charge is 0.212 e. The molecule has 0 aromatic rings. The fraction of sp³-hybridized carbons (Fsp3) is 1.00. The van der Waals surface area contributed by atoms with Crippen LogP contribution in [0.2, 0.25) is 0 Å². The lowest BCUT2D eigenvalue weighted by Gasteiger charge is -2.22. The lowest BCUT2D eigenvalue weighted by Crippen LogP contribution is -2.38. The topological polar surface area (TPSA) is 46.2 Å². The van der Waals surface area contributed by atoms with E-state index in [1.54, 1.807) is 0 Å². The highest BCUT2D eigenvalue weighted by Gasteiger charge is 2.19. The molecule has 1 fully saturated rings. The van der Waals surface area contributed by atoms with Crippen LogP contribution in [0, 0.1) is 0 Å². The van der Waals surface area contributed by atoms with Crippen molar-refractivity contribution >= 4 is 21.8 Å². The first-order chi connectivity index (χ1) is 6.14. The molecule has 0 unspecified atom stereocenters. The van der Waals surface area contributed by atoms with Crippen molar-refractivity contribution in [2.75, 3.05) is 17.3 Å². The summed E-state index contributed by atoms with van der Waals surface area (Å²) in [4.78, 5) is 0. The summed E-state index contributed by atoms with van der Waals surface area (Å²) in [6.07, 6.45) is 2.65. The molecule has 0 aromatic carbocycles. The van der Waals surface area contributed by atoms with Gasteiger partial charge in [0, 0.05) is 6.04 Å². The summed E-state index contributed by atoms with van der Waals surface area (Å²) in [7, 11) is -2.99. The number of hydrogen-bond acceptors (Lipinski definition) is 3. The molecule has 5 heteroatoms. The van der Waals surface area contributed by atoms with Crippen LogP contribution in [-0.2, 0) is 10.0 Å². The van der Waals surface area contributed by atoms with Crippen LogP contribution in [0.4, 0.5) is 0 Å². The second-order valence-corrected chi connectivity index (χ2v) is 6.42. The summed E-state index contributed by atoms with van der Waals surface area (Å²) < 4.78 is 25.5. The van der Waals surface area contributed by atoms with Crippen LogP contribution in [0.25, 0.3) is 0 Å². The van der Waals surface area contributed by atoms with E-state index in [-0.39, 0.29) is 11.8 Å². The summed E-state index contributed by atoms with van der Waals surface area (Å²) >= 11 is 1.90. The fourth-order valence-corrected chi connectivity index (χ4v) is 3.90. The van der Waals surface area contributed by atoms with E-state index in [4.69, 9.17) is 0 Å². The predicted octanol–water partition coefficient (Wildman–Crippen LogP) is 1.21. The first-order valence-electron chi connectivity index (χ1n) is 4.72. The Morgan fingerprint density at radius 1 is 1.38 bits per heavy atom. The van der Waals surface area contributed by atoms with Crippen LogP contribution in [0.15, 0.2) is 0 Å². The van der Waals surface area contributed by atoms with Crippen LogP contribution in [0.3, 0.4) is 0 Å². The number of sulfonamides is 1. The molecule has 0 atom stereocenters. The van der Waals surface area contributed by atoms with Crippen molar-refractivity contribution < 1.29 is 8.42 Å². The molecule has 0 saturated carbocycles. The Balaban J connectivity index is 2.37.